The number of rotatable bonds is 7. The van der Waals surface area contributed by atoms with Crippen molar-refractivity contribution in [2.45, 2.75) is 20.3 Å². The van der Waals surface area contributed by atoms with Crippen LogP contribution in [0.5, 0.6) is 0 Å². The van der Waals surface area contributed by atoms with Crippen LogP contribution in [-0.2, 0) is 4.74 Å². The number of anilines is 4. The van der Waals surface area contributed by atoms with Gasteiger partial charge in [-0.25, -0.2) is 4.98 Å². The van der Waals surface area contributed by atoms with Crippen molar-refractivity contribution >= 4 is 23.1 Å². The second-order valence-electron chi connectivity index (χ2n) is 7.02. The van der Waals surface area contributed by atoms with Crippen molar-refractivity contribution < 1.29 is 4.74 Å². The summed E-state index contributed by atoms with van der Waals surface area (Å²) in [6, 6.07) is 10.5. The molecule has 140 valence electrons. The quantitative estimate of drug-likeness (QED) is 0.820. The standard InChI is InChI=1S/C20H29N5O/c1-16(2)8-10-21-20-22-11-9-19(23-20)24(3)17-4-6-18(7-5-17)25-12-14-26-15-13-25/h4-7,9,11,16H,8,10,12-15H2,1-3H3,(H,21,22,23). The number of hydrogen-bond acceptors (Lipinski definition) is 6. The summed E-state index contributed by atoms with van der Waals surface area (Å²) in [4.78, 5) is 13.4. The molecule has 0 spiro atoms. The Balaban J connectivity index is 1.65. The summed E-state index contributed by atoms with van der Waals surface area (Å²) in [5.41, 5.74) is 2.35. The van der Waals surface area contributed by atoms with Gasteiger partial charge in [-0.15, -0.1) is 0 Å². The zero-order valence-corrected chi connectivity index (χ0v) is 16.0. The van der Waals surface area contributed by atoms with E-state index in [1.807, 2.05) is 13.1 Å². The lowest BCUT2D eigenvalue weighted by Gasteiger charge is -2.29. The Hall–Kier alpha value is -2.34. The van der Waals surface area contributed by atoms with Gasteiger partial charge < -0.3 is 19.9 Å². The van der Waals surface area contributed by atoms with Gasteiger partial charge in [0.05, 0.1) is 13.2 Å². The van der Waals surface area contributed by atoms with E-state index in [-0.39, 0.29) is 0 Å². The Morgan fingerprint density at radius 3 is 2.58 bits per heavy atom. The first kappa shape index (κ1) is 18.5. The van der Waals surface area contributed by atoms with E-state index in [1.165, 1.54) is 5.69 Å². The molecule has 26 heavy (non-hydrogen) atoms. The van der Waals surface area contributed by atoms with E-state index in [4.69, 9.17) is 4.74 Å². The van der Waals surface area contributed by atoms with Gasteiger partial charge in [0.25, 0.3) is 0 Å². The van der Waals surface area contributed by atoms with E-state index in [2.05, 4.69) is 63.2 Å². The minimum Gasteiger partial charge on any atom is -0.378 e. The topological polar surface area (TPSA) is 53.5 Å². The maximum absolute atomic E-state index is 5.42. The predicted molar refractivity (Wildman–Crippen MR) is 108 cm³/mol. The average molecular weight is 355 g/mol. The van der Waals surface area contributed by atoms with Gasteiger partial charge in [0.2, 0.25) is 5.95 Å². The maximum Gasteiger partial charge on any atom is 0.224 e. The molecule has 6 heteroatoms. The Morgan fingerprint density at radius 1 is 1.15 bits per heavy atom. The Bertz CT molecular complexity index is 683. The van der Waals surface area contributed by atoms with Crippen LogP contribution in [0.4, 0.5) is 23.1 Å². The van der Waals surface area contributed by atoms with Gasteiger partial charge in [-0.3, -0.25) is 0 Å². The van der Waals surface area contributed by atoms with Crippen LogP contribution >= 0.6 is 0 Å². The third kappa shape index (κ3) is 4.85. The molecule has 0 radical (unpaired) electrons. The van der Waals surface area contributed by atoms with Crippen LogP contribution in [0.15, 0.2) is 36.5 Å². The lowest BCUT2D eigenvalue weighted by Crippen LogP contribution is -2.36. The van der Waals surface area contributed by atoms with E-state index < -0.39 is 0 Å². The number of benzene rings is 1. The first-order valence-electron chi connectivity index (χ1n) is 9.37. The molecule has 1 N–H and O–H groups in total. The monoisotopic (exact) mass is 355 g/mol. The van der Waals surface area contributed by atoms with E-state index in [0.29, 0.717) is 11.9 Å². The molecular weight excluding hydrogens is 326 g/mol. The van der Waals surface area contributed by atoms with Crippen LogP contribution in [0.25, 0.3) is 0 Å². The molecule has 6 nitrogen and oxygen atoms in total. The molecule has 3 rings (SSSR count). The van der Waals surface area contributed by atoms with Crippen LogP contribution in [-0.4, -0.2) is 49.9 Å². The number of ether oxygens (including phenoxy) is 1. The number of nitrogens with one attached hydrogen (secondary N) is 1. The number of nitrogens with zero attached hydrogens (tertiary/aromatic N) is 4. The SMILES string of the molecule is CC(C)CCNc1nccc(N(C)c2ccc(N3CCOCC3)cc2)n1. The zero-order valence-electron chi connectivity index (χ0n) is 16.0. The number of morpholine rings is 1. The van der Waals surface area contributed by atoms with Crippen molar-refractivity contribution in [1.82, 2.24) is 9.97 Å². The van der Waals surface area contributed by atoms with E-state index in [0.717, 1.165) is 50.8 Å². The molecule has 2 heterocycles. The first-order chi connectivity index (χ1) is 12.6. The lowest BCUT2D eigenvalue weighted by molar-refractivity contribution is 0.122. The summed E-state index contributed by atoms with van der Waals surface area (Å²) >= 11 is 0. The smallest absolute Gasteiger partial charge is 0.224 e. The molecule has 1 aromatic carbocycles. The van der Waals surface area contributed by atoms with E-state index in [9.17, 15) is 0 Å². The number of hydrogen-bond donors (Lipinski definition) is 1. The fourth-order valence-corrected chi connectivity index (χ4v) is 2.93. The van der Waals surface area contributed by atoms with Crippen molar-refractivity contribution in [2.75, 3.05) is 55.0 Å². The molecule has 1 fully saturated rings. The average Bonchev–Trinajstić information content (AvgIpc) is 2.68. The molecular formula is C20H29N5O. The van der Waals surface area contributed by atoms with Crippen LogP contribution < -0.4 is 15.1 Å². The van der Waals surface area contributed by atoms with Crippen LogP contribution in [0.2, 0.25) is 0 Å². The van der Waals surface area contributed by atoms with Crippen molar-refractivity contribution in [2.24, 2.45) is 5.92 Å². The Labute approximate surface area is 156 Å². The molecule has 0 atom stereocenters. The summed E-state index contributed by atoms with van der Waals surface area (Å²) < 4.78 is 5.42. The second-order valence-corrected chi connectivity index (χ2v) is 7.02. The molecule has 2 aromatic rings. The molecule has 1 aromatic heterocycles. The summed E-state index contributed by atoms with van der Waals surface area (Å²) in [5, 5.41) is 3.31. The van der Waals surface area contributed by atoms with Crippen LogP contribution in [0.3, 0.4) is 0 Å². The highest BCUT2D eigenvalue weighted by Crippen LogP contribution is 2.25. The van der Waals surface area contributed by atoms with E-state index in [1.54, 1.807) is 6.20 Å². The van der Waals surface area contributed by atoms with Crippen molar-refractivity contribution in [3.63, 3.8) is 0 Å². The molecule has 1 aliphatic heterocycles. The fourth-order valence-electron chi connectivity index (χ4n) is 2.93. The first-order valence-corrected chi connectivity index (χ1v) is 9.37. The largest absolute Gasteiger partial charge is 0.378 e. The fraction of sp³-hybridized carbons (Fsp3) is 0.500. The Kier molecular flexibility index (Phi) is 6.28. The molecule has 1 aliphatic rings. The second kappa shape index (κ2) is 8.85. The summed E-state index contributed by atoms with van der Waals surface area (Å²) in [6.45, 7) is 8.82. The van der Waals surface area contributed by atoms with Gasteiger partial charge in [0, 0.05) is 44.3 Å². The third-order valence-corrected chi connectivity index (χ3v) is 4.60. The summed E-state index contributed by atoms with van der Waals surface area (Å²) in [6.07, 6.45) is 2.91. The van der Waals surface area contributed by atoms with Gasteiger partial charge in [0.15, 0.2) is 0 Å². The van der Waals surface area contributed by atoms with Crippen LogP contribution in [0.1, 0.15) is 20.3 Å². The predicted octanol–water partition coefficient (Wildman–Crippen LogP) is 3.54. The summed E-state index contributed by atoms with van der Waals surface area (Å²) in [7, 11) is 2.03. The molecule has 0 amide bonds. The summed E-state index contributed by atoms with van der Waals surface area (Å²) in [5.74, 6) is 2.23. The van der Waals surface area contributed by atoms with Gasteiger partial charge in [-0.05, 0) is 42.7 Å². The van der Waals surface area contributed by atoms with Crippen molar-refractivity contribution in [1.29, 1.82) is 0 Å². The lowest BCUT2D eigenvalue weighted by atomic mass is 10.1. The van der Waals surface area contributed by atoms with E-state index >= 15 is 0 Å². The third-order valence-electron chi connectivity index (χ3n) is 4.60. The van der Waals surface area contributed by atoms with Crippen molar-refractivity contribution in [3.8, 4) is 0 Å². The molecule has 0 unspecified atom stereocenters. The minimum atomic E-state index is 0.665. The molecule has 0 aliphatic carbocycles. The minimum absolute atomic E-state index is 0.665. The van der Waals surface area contributed by atoms with Gasteiger partial charge in [-0.1, -0.05) is 13.8 Å². The maximum atomic E-state index is 5.42. The highest BCUT2D eigenvalue weighted by molar-refractivity contribution is 5.63. The Morgan fingerprint density at radius 2 is 1.88 bits per heavy atom. The van der Waals surface area contributed by atoms with Crippen LogP contribution in [0, 0.1) is 5.92 Å². The van der Waals surface area contributed by atoms with Gasteiger partial charge in [0.1, 0.15) is 5.82 Å². The van der Waals surface area contributed by atoms with Gasteiger partial charge >= 0.3 is 0 Å². The molecule has 0 bridgehead atoms. The number of aromatic nitrogens is 2. The molecule has 1 saturated heterocycles. The van der Waals surface area contributed by atoms with Crippen molar-refractivity contribution in [3.05, 3.63) is 36.5 Å². The highest BCUT2D eigenvalue weighted by Gasteiger charge is 2.12. The highest BCUT2D eigenvalue weighted by atomic mass is 16.5. The normalized spacial score (nSPS) is 14.5. The zero-order chi connectivity index (χ0) is 18.4. The van der Waals surface area contributed by atoms with Gasteiger partial charge in [-0.2, -0.15) is 4.98 Å². The molecule has 0 saturated carbocycles.